The molecule has 3 rings (SSSR count). The average molecular weight is 360 g/mol. The van der Waals surface area contributed by atoms with E-state index in [0.29, 0.717) is 18.4 Å². The number of aryl methyl sites for hydroxylation is 3. The fourth-order valence-corrected chi connectivity index (χ4v) is 3.98. The molecule has 0 heterocycles. The van der Waals surface area contributed by atoms with Crippen molar-refractivity contribution in [3.8, 4) is 0 Å². The molecule has 0 amide bonds. The summed E-state index contributed by atoms with van der Waals surface area (Å²) in [4.78, 5) is 12.0. The van der Waals surface area contributed by atoms with Gasteiger partial charge in [0.05, 0.1) is 12.7 Å². The van der Waals surface area contributed by atoms with E-state index in [9.17, 15) is 20.1 Å². The number of esters is 1. The average Bonchev–Trinajstić information content (AvgIpc) is 2.63. The molecule has 2 aliphatic rings. The standard InChI is InChI=1S/C21H28O5/c1-2-26-20(24)21(25)12-17(19(23)18(22)13-21)10-8-14-7-9-15-5-3-4-6-16(15)11-14/h7,9,11-12,18-19,22-23,25H,2-6,8,10,13H2,1H3. The van der Waals surface area contributed by atoms with E-state index in [1.54, 1.807) is 6.92 Å². The van der Waals surface area contributed by atoms with Crippen molar-refractivity contribution in [1.29, 1.82) is 0 Å². The molecule has 0 aliphatic heterocycles. The first kappa shape index (κ1) is 19.1. The number of fused-ring (bicyclic) bond motifs is 1. The minimum atomic E-state index is -1.88. The summed E-state index contributed by atoms with van der Waals surface area (Å²) >= 11 is 0. The van der Waals surface area contributed by atoms with Gasteiger partial charge in [-0.1, -0.05) is 18.2 Å². The maximum Gasteiger partial charge on any atom is 0.342 e. The third-order valence-corrected chi connectivity index (χ3v) is 5.43. The number of aliphatic hydroxyl groups excluding tert-OH is 2. The van der Waals surface area contributed by atoms with Gasteiger partial charge >= 0.3 is 5.97 Å². The molecule has 5 nitrogen and oxygen atoms in total. The molecular formula is C21H28O5. The van der Waals surface area contributed by atoms with Gasteiger partial charge in [-0.05, 0) is 73.8 Å². The van der Waals surface area contributed by atoms with Crippen molar-refractivity contribution >= 4 is 5.97 Å². The van der Waals surface area contributed by atoms with Crippen LogP contribution < -0.4 is 0 Å². The molecular weight excluding hydrogens is 332 g/mol. The van der Waals surface area contributed by atoms with Crippen LogP contribution in [0.15, 0.2) is 29.8 Å². The molecule has 0 bridgehead atoms. The van der Waals surface area contributed by atoms with Gasteiger partial charge in [-0.15, -0.1) is 0 Å². The number of hydrogen-bond donors (Lipinski definition) is 3. The predicted octanol–water partition coefficient (Wildman–Crippen LogP) is 1.84. The van der Waals surface area contributed by atoms with Crippen molar-refractivity contribution in [3.63, 3.8) is 0 Å². The predicted molar refractivity (Wildman–Crippen MR) is 97.7 cm³/mol. The normalized spacial score (nSPS) is 28.2. The quantitative estimate of drug-likeness (QED) is 0.551. The Morgan fingerprint density at radius 1 is 1.19 bits per heavy atom. The summed E-state index contributed by atoms with van der Waals surface area (Å²) in [7, 11) is 0. The van der Waals surface area contributed by atoms with Crippen LogP contribution in [0.2, 0.25) is 0 Å². The van der Waals surface area contributed by atoms with Crippen LogP contribution in [0.3, 0.4) is 0 Å². The zero-order chi connectivity index (χ0) is 18.7. The van der Waals surface area contributed by atoms with Gasteiger partial charge in [-0.2, -0.15) is 0 Å². The second kappa shape index (κ2) is 7.91. The van der Waals surface area contributed by atoms with Crippen molar-refractivity contribution in [1.82, 2.24) is 0 Å². The number of aliphatic hydroxyl groups is 3. The van der Waals surface area contributed by atoms with Crippen LogP contribution in [0.25, 0.3) is 0 Å². The van der Waals surface area contributed by atoms with Crippen molar-refractivity contribution in [3.05, 3.63) is 46.5 Å². The lowest BCUT2D eigenvalue weighted by Crippen LogP contribution is -2.49. The third kappa shape index (κ3) is 4.00. The molecule has 0 aromatic heterocycles. The Balaban J connectivity index is 1.74. The summed E-state index contributed by atoms with van der Waals surface area (Å²) in [5.74, 6) is -0.780. The maximum absolute atomic E-state index is 12.0. The maximum atomic E-state index is 12.0. The van der Waals surface area contributed by atoms with Gasteiger partial charge < -0.3 is 20.1 Å². The molecule has 26 heavy (non-hydrogen) atoms. The van der Waals surface area contributed by atoms with E-state index >= 15 is 0 Å². The Bertz CT molecular complexity index is 696. The monoisotopic (exact) mass is 360 g/mol. The van der Waals surface area contributed by atoms with Gasteiger partial charge in [-0.25, -0.2) is 4.79 Å². The van der Waals surface area contributed by atoms with E-state index < -0.39 is 23.8 Å². The molecule has 5 heteroatoms. The lowest BCUT2D eigenvalue weighted by atomic mass is 9.80. The fourth-order valence-electron chi connectivity index (χ4n) is 3.98. The van der Waals surface area contributed by atoms with Crippen LogP contribution in [-0.4, -0.2) is 45.7 Å². The molecule has 1 aromatic carbocycles. The first-order valence-corrected chi connectivity index (χ1v) is 9.51. The molecule has 0 spiro atoms. The lowest BCUT2D eigenvalue weighted by molar-refractivity contribution is -0.165. The highest BCUT2D eigenvalue weighted by molar-refractivity contribution is 5.82. The van der Waals surface area contributed by atoms with Gasteiger partial charge in [0.25, 0.3) is 0 Å². The van der Waals surface area contributed by atoms with E-state index in [-0.39, 0.29) is 13.0 Å². The highest BCUT2D eigenvalue weighted by atomic mass is 16.5. The van der Waals surface area contributed by atoms with E-state index in [1.807, 2.05) is 0 Å². The van der Waals surface area contributed by atoms with Gasteiger partial charge in [-0.3, -0.25) is 0 Å². The Labute approximate surface area is 154 Å². The number of benzene rings is 1. The second-order valence-electron chi connectivity index (χ2n) is 7.39. The van der Waals surface area contributed by atoms with Gasteiger partial charge in [0.15, 0.2) is 5.60 Å². The summed E-state index contributed by atoms with van der Waals surface area (Å²) in [5, 5.41) is 30.9. The van der Waals surface area contributed by atoms with Crippen LogP contribution in [0.4, 0.5) is 0 Å². The summed E-state index contributed by atoms with van der Waals surface area (Å²) in [6, 6.07) is 6.51. The number of ether oxygens (including phenoxy) is 1. The summed E-state index contributed by atoms with van der Waals surface area (Å²) in [6.07, 6.45) is 4.73. The number of carbonyl (C=O) groups excluding carboxylic acids is 1. The first-order valence-electron chi connectivity index (χ1n) is 9.51. The SMILES string of the molecule is CCOC(=O)C1(O)C=C(CCc2ccc3c(c2)CCCC3)C(O)C(O)C1. The topological polar surface area (TPSA) is 87.0 Å². The van der Waals surface area contributed by atoms with Crippen LogP contribution in [0, 0.1) is 0 Å². The zero-order valence-corrected chi connectivity index (χ0v) is 15.3. The van der Waals surface area contributed by atoms with Crippen molar-refractivity contribution in [2.24, 2.45) is 0 Å². The molecule has 0 radical (unpaired) electrons. The van der Waals surface area contributed by atoms with Crippen LogP contribution >= 0.6 is 0 Å². The molecule has 142 valence electrons. The molecule has 3 unspecified atom stereocenters. The molecule has 3 atom stereocenters. The molecule has 1 aromatic rings. The lowest BCUT2D eigenvalue weighted by Gasteiger charge is -2.34. The van der Waals surface area contributed by atoms with E-state index in [0.717, 1.165) is 12.8 Å². The Morgan fingerprint density at radius 3 is 2.65 bits per heavy atom. The van der Waals surface area contributed by atoms with Crippen molar-refractivity contribution in [2.75, 3.05) is 6.61 Å². The van der Waals surface area contributed by atoms with Crippen molar-refractivity contribution < 1.29 is 24.9 Å². The second-order valence-corrected chi connectivity index (χ2v) is 7.39. The van der Waals surface area contributed by atoms with Crippen LogP contribution in [0.1, 0.15) is 49.3 Å². The van der Waals surface area contributed by atoms with E-state index in [4.69, 9.17) is 4.74 Å². The minimum absolute atomic E-state index is 0.151. The highest BCUT2D eigenvalue weighted by Crippen LogP contribution is 2.31. The van der Waals surface area contributed by atoms with Crippen LogP contribution in [0.5, 0.6) is 0 Å². The Kier molecular flexibility index (Phi) is 5.80. The summed E-state index contributed by atoms with van der Waals surface area (Å²) in [6.45, 7) is 1.81. The summed E-state index contributed by atoms with van der Waals surface area (Å²) < 4.78 is 4.92. The van der Waals surface area contributed by atoms with Gasteiger partial charge in [0, 0.05) is 6.42 Å². The molecule has 0 saturated carbocycles. The Morgan fingerprint density at radius 2 is 1.92 bits per heavy atom. The molecule has 0 fully saturated rings. The van der Waals surface area contributed by atoms with Gasteiger partial charge in [0.2, 0.25) is 0 Å². The number of carbonyl (C=O) groups is 1. The van der Waals surface area contributed by atoms with E-state index in [2.05, 4.69) is 18.2 Å². The van der Waals surface area contributed by atoms with Crippen LogP contribution in [-0.2, 0) is 28.8 Å². The highest BCUT2D eigenvalue weighted by Gasteiger charge is 2.44. The summed E-state index contributed by atoms with van der Waals surface area (Å²) in [5.41, 5.74) is 2.59. The third-order valence-electron chi connectivity index (χ3n) is 5.43. The molecule has 2 aliphatic carbocycles. The first-order chi connectivity index (χ1) is 12.4. The Hall–Kier alpha value is -1.69. The number of hydrogen-bond acceptors (Lipinski definition) is 5. The largest absolute Gasteiger partial charge is 0.464 e. The number of rotatable bonds is 5. The van der Waals surface area contributed by atoms with Gasteiger partial charge in [0.1, 0.15) is 6.10 Å². The molecule has 3 N–H and O–H groups in total. The van der Waals surface area contributed by atoms with Crippen molar-refractivity contribution in [2.45, 2.75) is 69.7 Å². The fraction of sp³-hybridized carbons (Fsp3) is 0.571. The smallest absolute Gasteiger partial charge is 0.342 e. The minimum Gasteiger partial charge on any atom is -0.464 e. The molecule has 0 saturated heterocycles. The van der Waals surface area contributed by atoms with E-state index in [1.165, 1.54) is 35.6 Å². The zero-order valence-electron chi connectivity index (χ0n) is 15.3.